The SMILES string of the molecule is C=C1CN2CCC(CC2)N1C(=O)OCc1ccccc1. The molecule has 3 aliphatic rings. The molecule has 3 fully saturated rings. The van der Waals surface area contributed by atoms with Crippen molar-refractivity contribution >= 4 is 6.09 Å². The molecule has 1 aromatic carbocycles. The van der Waals surface area contributed by atoms with Gasteiger partial charge in [-0.25, -0.2) is 4.79 Å². The van der Waals surface area contributed by atoms with Crippen LogP contribution in [0.1, 0.15) is 18.4 Å². The van der Waals surface area contributed by atoms with E-state index in [0.29, 0.717) is 6.61 Å². The van der Waals surface area contributed by atoms with Crippen LogP contribution in [0, 0.1) is 0 Å². The molecule has 4 rings (SSSR count). The average Bonchev–Trinajstić information content (AvgIpc) is 2.73. The van der Waals surface area contributed by atoms with E-state index >= 15 is 0 Å². The standard InChI is InChI=1S/C16H20N2O2/c1-13-11-17-9-7-15(8-10-17)18(13)16(19)20-12-14-5-3-2-4-6-14/h2-6,15H,1,7-12H2. The van der Waals surface area contributed by atoms with Crippen LogP contribution in [0.4, 0.5) is 4.79 Å². The van der Waals surface area contributed by atoms with Gasteiger partial charge in [0.25, 0.3) is 0 Å². The van der Waals surface area contributed by atoms with E-state index in [1.54, 1.807) is 4.90 Å². The minimum absolute atomic E-state index is 0.254. The van der Waals surface area contributed by atoms with E-state index in [0.717, 1.165) is 43.7 Å². The molecule has 3 aliphatic heterocycles. The van der Waals surface area contributed by atoms with E-state index in [-0.39, 0.29) is 12.1 Å². The van der Waals surface area contributed by atoms with Crippen molar-refractivity contribution in [2.24, 2.45) is 0 Å². The first-order valence-corrected chi connectivity index (χ1v) is 7.14. The van der Waals surface area contributed by atoms with E-state index < -0.39 is 0 Å². The summed E-state index contributed by atoms with van der Waals surface area (Å²) in [7, 11) is 0. The highest BCUT2D eigenvalue weighted by molar-refractivity contribution is 5.70. The summed E-state index contributed by atoms with van der Waals surface area (Å²) >= 11 is 0. The largest absolute Gasteiger partial charge is 0.444 e. The molecule has 0 spiro atoms. The number of fused-ring (bicyclic) bond motifs is 4. The Labute approximate surface area is 119 Å². The summed E-state index contributed by atoms with van der Waals surface area (Å²) in [6.45, 7) is 7.25. The summed E-state index contributed by atoms with van der Waals surface area (Å²) in [6.07, 6.45) is 1.77. The Morgan fingerprint density at radius 2 is 1.95 bits per heavy atom. The van der Waals surface area contributed by atoms with Crippen LogP contribution < -0.4 is 0 Å². The Morgan fingerprint density at radius 3 is 2.65 bits per heavy atom. The fourth-order valence-electron chi connectivity index (χ4n) is 3.00. The molecule has 20 heavy (non-hydrogen) atoms. The molecule has 0 N–H and O–H groups in total. The maximum atomic E-state index is 12.3. The van der Waals surface area contributed by atoms with E-state index in [1.807, 2.05) is 30.3 Å². The van der Waals surface area contributed by atoms with Gasteiger partial charge in [-0.05, 0) is 18.4 Å². The molecule has 0 atom stereocenters. The molecular weight excluding hydrogens is 252 g/mol. The van der Waals surface area contributed by atoms with Gasteiger partial charge in [-0.3, -0.25) is 9.80 Å². The zero-order valence-electron chi connectivity index (χ0n) is 11.6. The third kappa shape index (κ3) is 2.70. The highest BCUT2D eigenvalue weighted by Crippen LogP contribution is 2.26. The first-order valence-electron chi connectivity index (χ1n) is 7.14. The number of piperidine rings is 1. The third-order valence-electron chi connectivity index (χ3n) is 4.07. The molecule has 3 saturated heterocycles. The van der Waals surface area contributed by atoms with Gasteiger partial charge >= 0.3 is 6.09 Å². The minimum Gasteiger partial charge on any atom is -0.444 e. The van der Waals surface area contributed by atoms with Crippen LogP contribution in [0.25, 0.3) is 0 Å². The number of carbonyl (C=O) groups is 1. The molecule has 106 valence electrons. The number of nitrogens with zero attached hydrogens (tertiary/aromatic N) is 2. The molecule has 0 unspecified atom stereocenters. The molecule has 2 bridgehead atoms. The molecule has 0 aromatic heterocycles. The number of rotatable bonds is 2. The van der Waals surface area contributed by atoms with Gasteiger partial charge in [0.2, 0.25) is 0 Å². The van der Waals surface area contributed by atoms with Crippen molar-refractivity contribution in [1.29, 1.82) is 0 Å². The molecule has 3 heterocycles. The lowest BCUT2D eigenvalue weighted by molar-refractivity contribution is 0.0911. The zero-order chi connectivity index (χ0) is 13.9. The Kier molecular flexibility index (Phi) is 3.74. The molecule has 0 saturated carbocycles. The molecule has 4 nitrogen and oxygen atoms in total. The fraction of sp³-hybridized carbons (Fsp3) is 0.438. The predicted molar refractivity (Wildman–Crippen MR) is 77.1 cm³/mol. The van der Waals surface area contributed by atoms with Gasteiger partial charge < -0.3 is 4.74 Å². The normalized spacial score (nSPS) is 25.4. The van der Waals surface area contributed by atoms with Crippen molar-refractivity contribution < 1.29 is 9.53 Å². The lowest BCUT2D eigenvalue weighted by Gasteiger charge is -2.30. The predicted octanol–water partition coefficient (Wildman–Crippen LogP) is 2.62. The van der Waals surface area contributed by atoms with E-state index in [4.69, 9.17) is 4.74 Å². The highest BCUT2D eigenvalue weighted by Gasteiger charge is 2.35. The maximum Gasteiger partial charge on any atom is 0.414 e. The van der Waals surface area contributed by atoms with Crippen molar-refractivity contribution in [2.75, 3.05) is 19.6 Å². The van der Waals surface area contributed by atoms with E-state index in [9.17, 15) is 4.79 Å². The summed E-state index contributed by atoms with van der Waals surface area (Å²) < 4.78 is 5.45. The average molecular weight is 272 g/mol. The van der Waals surface area contributed by atoms with Crippen molar-refractivity contribution in [2.45, 2.75) is 25.5 Å². The van der Waals surface area contributed by atoms with Gasteiger partial charge in [0.15, 0.2) is 0 Å². The molecule has 1 aromatic rings. The van der Waals surface area contributed by atoms with Crippen LogP contribution in [-0.2, 0) is 11.3 Å². The lowest BCUT2D eigenvalue weighted by Crippen LogP contribution is -2.40. The molecular formula is C16H20N2O2. The first kappa shape index (κ1) is 13.2. The molecule has 0 radical (unpaired) electrons. The summed E-state index contributed by atoms with van der Waals surface area (Å²) in [5, 5.41) is 0. The Bertz CT molecular complexity index is 492. The van der Waals surface area contributed by atoms with Crippen LogP contribution in [0.15, 0.2) is 42.6 Å². The van der Waals surface area contributed by atoms with Gasteiger partial charge in [-0.1, -0.05) is 36.9 Å². The Balaban J connectivity index is 1.65. The van der Waals surface area contributed by atoms with Crippen LogP contribution in [0.2, 0.25) is 0 Å². The van der Waals surface area contributed by atoms with Gasteiger partial charge in [-0.2, -0.15) is 0 Å². The minimum atomic E-state index is -0.257. The second-order valence-electron chi connectivity index (χ2n) is 5.48. The number of hydrogen-bond acceptors (Lipinski definition) is 3. The van der Waals surface area contributed by atoms with E-state index in [2.05, 4.69) is 11.5 Å². The Morgan fingerprint density at radius 1 is 1.25 bits per heavy atom. The topological polar surface area (TPSA) is 32.8 Å². The van der Waals surface area contributed by atoms with Gasteiger partial charge in [0.1, 0.15) is 6.61 Å². The smallest absolute Gasteiger partial charge is 0.414 e. The maximum absolute atomic E-state index is 12.3. The summed E-state index contributed by atoms with van der Waals surface area (Å²) in [6, 6.07) is 10.0. The van der Waals surface area contributed by atoms with Crippen LogP contribution in [0.3, 0.4) is 0 Å². The van der Waals surface area contributed by atoms with Gasteiger partial charge in [0, 0.05) is 31.4 Å². The zero-order valence-corrected chi connectivity index (χ0v) is 11.6. The molecule has 1 amide bonds. The quantitative estimate of drug-likeness (QED) is 0.829. The number of ether oxygens (including phenoxy) is 1. The number of hydrogen-bond donors (Lipinski definition) is 0. The first-order chi connectivity index (χ1) is 9.74. The van der Waals surface area contributed by atoms with Crippen molar-refractivity contribution in [1.82, 2.24) is 9.80 Å². The van der Waals surface area contributed by atoms with E-state index in [1.165, 1.54) is 0 Å². The number of benzene rings is 1. The highest BCUT2D eigenvalue weighted by atomic mass is 16.6. The van der Waals surface area contributed by atoms with Crippen molar-refractivity contribution in [3.63, 3.8) is 0 Å². The van der Waals surface area contributed by atoms with Crippen LogP contribution in [-0.4, -0.2) is 41.6 Å². The molecule has 0 aliphatic carbocycles. The lowest BCUT2D eigenvalue weighted by atomic mass is 10.1. The second kappa shape index (κ2) is 5.67. The fourth-order valence-corrected chi connectivity index (χ4v) is 3.00. The van der Waals surface area contributed by atoms with Crippen molar-refractivity contribution in [3.8, 4) is 0 Å². The summed E-state index contributed by atoms with van der Waals surface area (Å²) in [4.78, 5) is 16.5. The second-order valence-corrected chi connectivity index (χ2v) is 5.48. The van der Waals surface area contributed by atoms with Crippen molar-refractivity contribution in [3.05, 3.63) is 48.2 Å². The van der Waals surface area contributed by atoms with Crippen LogP contribution in [0.5, 0.6) is 0 Å². The number of carbonyl (C=O) groups excluding carboxylic acids is 1. The summed E-state index contributed by atoms with van der Waals surface area (Å²) in [5.74, 6) is 0. The van der Waals surface area contributed by atoms with Gasteiger partial charge in [0.05, 0.1) is 0 Å². The van der Waals surface area contributed by atoms with Gasteiger partial charge in [-0.15, -0.1) is 0 Å². The molecule has 4 heteroatoms. The monoisotopic (exact) mass is 272 g/mol. The Hall–Kier alpha value is -1.81. The third-order valence-corrected chi connectivity index (χ3v) is 4.07. The van der Waals surface area contributed by atoms with Crippen LogP contribution >= 0.6 is 0 Å². The summed E-state index contributed by atoms with van der Waals surface area (Å²) in [5.41, 5.74) is 1.87. The number of amides is 1.